The first-order chi connectivity index (χ1) is 10.4. The average molecular weight is 328 g/mol. The number of hydrogen-bond acceptors (Lipinski definition) is 6. The summed E-state index contributed by atoms with van der Waals surface area (Å²) < 4.78 is 6.19. The van der Waals surface area contributed by atoms with Crippen LogP contribution >= 0.6 is 11.8 Å². The van der Waals surface area contributed by atoms with Gasteiger partial charge in [0.05, 0.1) is 13.0 Å². The highest BCUT2D eigenvalue weighted by atomic mass is 32.2. The molecule has 1 aromatic heterocycles. The first-order valence-corrected chi connectivity index (χ1v) is 8.36. The molecule has 0 N–H and O–H groups in total. The van der Waals surface area contributed by atoms with Crippen LogP contribution in [0.1, 0.15) is 45.4 Å². The molecule has 22 heavy (non-hydrogen) atoms. The number of carbonyl (C=O) groups excluding carboxylic acids is 2. The maximum absolute atomic E-state index is 12.2. The van der Waals surface area contributed by atoms with Crippen molar-refractivity contribution in [2.75, 3.05) is 26.5 Å². The van der Waals surface area contributed by atoms with Crippen LogP contribution in [-0.4, -0.2) is 58.1 Å². The molecular formula is C14H24N4O3S. The lowest BCUT2D eigenvalue weighted by Crippen LogP contribution is -2.29. The molecule has 0 aliphatic carbocycles. The van der Waals surface area contributed by atoms with E-state index < -0.39 is 0 Å². The van der Waals surface area contributed by atoms with Crippen LogP contribution in [0.2, 0.25) is 0 Å². The highest BCUT2D eigenvalue weighted by Gasteiger charge is 2.20. The summed E-state index contributed by atoms with van der Waals surface area (Å²) in [6.07, 6.45) is 1.17. The Balaban J connectivity index is 2.84. The van der Waals surface area contributed by atoms with Gasteiger partial charge in [-0.05, 0) is 13.3 Å². The third-order valence-corrected chi connectivity index (χ3v) is 3.98. The van der Waals surface area contributed by atoms with Crippen molar-refractivity contribution in [2.45, 2.75) is 44.7 Å². The van der Waals surface area contributed by atoms with Crippen molar-refractivity contribution < 1.29 is 14.3 Å². The van der Waals surface area contributed by atoms with Crippen molar-refractivity contribution in [3.63, 3.8) is 0 Å². The van der Waals surface area contributed by atoms with E-state index in [1.54, 1.807) is 21.0 Å². The van der Waals surface area contributed by atoms with Crippen LogP contribution in [-0.2, 0) is 9.53 Å². The minimum atomic E-state index is -0.249. The van der Waals surface area contributed by atoms with Crippen molar-refractivity contribution >= 4 is 23.8 Å². The minimum absolute atomic E-state index is 0.181. The first-order valence-electron chi connectivity index (χ1n) is 7.37. The average Bonchev–Trinajstić information content (AvgIpc) is 2.89. The van der Waals surface area contributed by atoms with E-state index in [-0.39, 0.29) is 24.3 Å². The summed E-state index contributed by atoms with van der Waals surface area (Å²) in [5, 5.41) is 4.83. The van der Waals surface area contributed by atoms with Gasteiger partial charge in [0.15, 0.2) is 11.0 Å². The molecule has 0 aliphatic heterocycles. The molecule has 1 unspecified atom stereocenters. The Bertz CT molecular complexity index is 516. The molecule has 0 saturated carbocycles. The van der Waals surface area contributed by atoms with Crippen LogP contribution in [0.4, 0.5) is 4.79 Å². The molecule has 0 aliphatic rings. The summed E-state index contributed by atoms with van der Waals surface area (Å²) >= 11 is 1.34. The molecule has 124 valence electrons. The van der Waals surface area contributed by atoms with Gasteiger partial charge in [0.25, 0.3) is 0 Å². The van der Waals surface area contributed by atoms with Crippen molar-refractivity contribution in [1.82, 2.24) is 19.7 Å². The van der Waals surface area contributed by atoms with Gasteiger partial charge in [0.1, 0.15) is 0 Å². The van der Waals surface area contributed by atoms with E-state index in [2.05, 4.69) is 10.1 Å². The fourth-order valence-corrected chi connectivity index (χ4v) is 2.42. The zero-order valence-corrected chi connectivity index (χ0v) is 14.6. The number of carbonyl (C=O) groups is 2. The van der Waals surface area contributed by atoms with Crippen LogP contribution in [0.3, 0.4) is 0 Å². The highest BCUT2D eigenvalue weighted by molar-refractivity contribution is 7.99. The van der Waals surface area contributed by atoms with E-state index in [0.717, 1.165) is 6.42 Å². The minimum Gasteiger partial charge on any atom is -0.466 e. The second-order valence-corrected chi connectivity index (χ2v) is 6.12. The molecule has 0 bridgehead atoms. The van der Waals surface area contributed by atoms with Crippen molar-refractivity contribution in [3.05, 3.63) is 5.82 Å². The summed E-state index contributed by atoms with van der Waals surface area (Å²) in [7, 11) is 3.33. The highest BCUT2D eigenvalue weighted by Crippen LogP contribution is 2.22. The van der Waals surface area contributed by atoms with Crippen LogP contribution in [0.5, 0.6) is 0 Å². The monoisotopic (exact) mass is 328 g/mol. The number of thioether (sulfide) groups is 1. The fourth-order valence-electron chi connectivity index (χ4n) is 1.57. The Hall–Kier alpha value is -1.57. The molecule has 1 atom stereocenters. The maximum Gasteiger partial charge on any atom is 0.346 e. The number of amides is 1. The van der Waals surface area contributed by atoms with Crippen LogP contribution in [0.25, 0.3) is 0 Å². The normalized spacial score (nSPS) is 12.0. The lowest BCUT2D eigenvalue weighted by atomic mass is 10.1. The van der Waals surface area contributed by atoms with E-state index in [4.69, 9.17) is 4.74 Å². The van der Waals surface area contributed by atoms with E-state index in [1.807, 2.05) is 13.8 Å². The van der Waals surface area contributed by atoms with Crippen molar-refractivity contribution in [1.29, 1.82) is 0 Å². The third kappa shape index (κ3) is 5.01. The molecule has 1 rings (SSSR count). The van der Waals surface area contributed by atoms with Crippen molar-refractivity contribution in [2.24, 2.45) is 0 Å². The van der Waals surface area contributed by atoms with Gasteiger partial charge in [-0.2, -0.15) is 4.68 Å². The topological polar surface area (TPSA) is 77.3 Å². The molecule has 1 aromatic rings. The molecule has 1 heterocycles. The predicted octanol–water partition coefficient (Wildman–Crippen LogP) is 2.37. The van der Waals surface area contributed by atoms with Gasteiger partial charge < -0.3 is 9.64 Å². The number of aromatic nitrogens is 3. The van der Waals surface area contributed by atoms with Gasteiger partial charge in [-0.15, -0.1) is 5.10 Å². The number of esters is 1. The molecule has 7 nitrogen and oxygen atoms in total. The second-order valence-electron chi connectivity index (χ2n) is 5.05. The van der Waals surface area contributed by atoms with Gasteiger partial charge in [0.2, 0.25) is 0 Å². The zero-order chi connectivity index (χ0) is 16.7. The molecule has 0 spiro atoms. The summed E-state index contributed by atoms with van der Waals surface area (Å²) in [5.74, 6) is 1.08. The summed E-state index contributed by atoms with van der Waals surface area (Å²) in [4.78, 5) is 29.4. The van der Waals surface area contributed by atoms with E-state index in [1.165, 1.54) is 21.3 Å². The quantitative estimate of drug-likeness (QED) is 0.565. The molecule has 0 fully saturated rings. The molecule has 1 amide bonds. The zero-order valence-electron chi connectivity index (χ0n) is 13.8. The Morgan fingerprint density at radius 1 is 1.36 bits per heavy atom. The van der Waals surface area contributed by atoms with Gasteiger partial charge in [0, 0.05) is 25.8 Å². The van der Waals surface area contributed by atoms with Gasteiger partial charge >= 0.3 is 12.0 Å². The Morgan fingerprint density at radius 3 is 2.59 bits per heavy atom. The van der Waals surface area contributed by atoms with Crippen LogP contribution in [0, 0.1) is 0 Å². The molecule has 0 saturated heterocycles. The van der Waals surface area contributed by atoms with Gasteiger partial charge in [-0.1, -0.05) is 25.6 Å². The predicted molar refractivity (Wildman–Crippen MR) is 85.2 cm³/mol. The second kappa shape index (κ2) is 8.77. The van der Waals surface area contributed by atoms with Crippen LogP contribution in [0.15, 0.2) is 5.16 Å². The van der Waals surface area contributed by atoms with Gasteiger partial charge in [-0.3, -0.25) is 4.79 Å². The lowest BCUT2D eigenvalue weighted by Gasteiger charge is -2.10. The number of hydrogen-bond donors (Lipinski definition) is 0. The Labute approximate surface area is 135 Å². The van der Waals surface area contributed by atoms with E-state index in [9.17, 15) is 9.59 Å². The summed E-state index contributed by atoms with van der Waals surface area (Å²) in [5.41, 5.74) is 0. The third-order valence-electron chi connectivity index (χ3n) is 3.05. The lowest BCUT2D eigenvalue weighted by molar-refractivity contribution is -0.142. The van der Waals surface area contributed by atoms with E-state index in [0.29, 0.717) is 23.3 Å². The standard InChI is InChI=1S/C14H24N4O3S/c1-6-10(3)12-15-13(18(16-12)14(20)17(4)5)22-9-8-11(19)21-7-2/h10H,6-9H2,1-5H3. The number of ether oxygens (including phenoxy) is 1. The van der Waals surface area contributed by atoms with Gasteiger partial charge in [-0.25, -0.2) is 9.78 Å². The van der Waals surface area contributed by atoms with E-state index >= 15 is 0 Å². The SMILES string of the molecule is CCOC(=O)CCSc1nc(C(C)CC)nn1C(=O)N(C)C. The Morgan fingerprint density at radius 2 is 2.05 bits per heavy atom. The maximum atomic E-state index is 12.2. The van der Waals surface area contributed by atoms with Crippen molar-refractivity contribution in [3.8, 4) is 0 Å². The summed E-state index contributed by atoms with van der Waals surface area (Å²) in [6, 6.07) is -0.249. The van der Waals surface area contributed by atoms with Crippen LogP contribution < -0.4 is 0 Å². The first kappa shape index (κ1) is 18.5. The molecule has 0 aromatic carbocycles. The number of nitrogens with zero attached hydrogens (tertiary/aromatic N) is 4. The fraction of sp³-hybridized carbons (Fsp3) is 0.714. The Kier molecular flexibility index (Phi) is 7.37. The molecule has 0 radical (unpaired) electrons. The molecular weight excluding hydrogens is 304 g/mol. The molecule has 8 heteroatoms. The smallest absolute Gasteiger partial charge is 0.346 e. The number of rotatable bonds is 7. The summed E-state index contributed by atoms with van der Waals surface area (Å²) in [6.45, 7) is 6.21. The largest absolute Gasteiger partial charge is 0.466 e.